The molecule has 184 valence electrons. The topological polar surface area (TPSA) is 118 Å². The zero-order valence-corrected chi connectivity index (χ0v) is 20.0. The van der Waals surface area contributed by atoms with Crippen LogP contribution in [0.25, 0.3) is 0 Å². The Balaban J connectivity index is 1.77. The molecular formula is C24H30FN3O5S. The molecule has 1 atom stereocenters. The van der Waals surface area contributed by atoms with E-state index in [1.807, 2.05) is 0 Å². The molecule has 2 fully saturated rings. The number of nitrogens with zero attached hydrogens (tertiary/aromatic N) is 1. The third kappa shape index (κ3) is 5.38. The minimum absolute atomic E-state index is 0.0244. The van der Waals surface area contributed by atoms with E-state index in [-0.39, 0.29) is 22.2 Å². The van der Waals surface area contributed by atoms with Crippen LogP contribution in [0.15, 0.2) is 34.1 Å². The SMILES string of the molecule is Cc1cc(S(=O)(=O)C2CCCC2)c([C@H](CC2CCOCC2)C(=O)Nc2ccc(F)cn2)c(=O)[nH]1. The van der Waals surface area contributed by atoms with Gasteiger partial charge in [-0.1, -0.05) is 12.8 Å². The van der Waals surface area contributed by atoms with Crippen LogP contribution in [0.5, 0.6) is 0 Å². The molecule has 1 aliphatic heterocycles. The number of sulfone groups is 1. The molecule has 1 saturated carbocycles. The number of H-pyrrole nitrogens is 1. The second-order valence-corrected chi connectivity index (χ2v) is 11.4. The fourth-order valence-electron chi connectivity index (χ4n) is 4.95. The van der Waals surface area contributed by atoms with Gasteiger partial charge in [0.25, 0.3) is 5.56 Å². The highest BCUT2D eigenvalue weighted by Gasteiger charge is 2.38. The smallest absolute Gasteiger partial charge is 0.253 e. The van der Waals surface area contributed by atoms with Crippen molar-refractivity contribution < 1.29 is 22.3 Å². The summed E-state index contributed by atoms with van der Waals surface area (Å²) in [7, 11) is -3.80. The Hall–Kier alpha value is -2.59. The molecule has 0 bridgehead atoms. The van der Waals surface area contributed by atoms with Crippen molar-refractivity contribution in [3.8, 4) is 0 Å². The number of pyridine rings is 2. The number of aromatic nitrogens is 2. The van der Waals surface area contributed by atoms with Crippen LogP contribution in [0, 0.1) is 18.7 Å². The Labute approximate surface area is 198 Å². The molecule has 0 unspecified atom stereocenters. The fourth-order valence-corrected chi connectivity index (χ4v) is 7.14. The highest BCUT2D eigenvalue weighted by atomic mass is 32.2. The molecule has 0 aromatic carbocycles. The van der Waals surface area contributed by atoms with Crippen molar-refractivity contribution in [1.82, 2.24) is 9.97 Å². The van der Waals surface area contributed by atoms with Crippen LogP contribution >= 0.6 is 0 Å². The molecule has 3 heterocycles. The molecular weight excluding hydrogens is 461 g/mol. The summed E-state index contributed by atoms with van der Waals surface area (Å²) < 4.78 is 45.9. The molecule has 8 nitrogen and oxygen atoms in total. The monoisotopic (exact) mass is 491 g/mol. The van der Waals surface area contributed by atoms with Crippen LogP contribution < -0.4 is 10.9 Å². The van der Waals surface area contributed by atoms with E-state index < -0.39 is 38.3 Å². The summed E-state index contributed by atoms with van der Waals surface area (Å²) in [5, 5.41) is 2.09. The Morgan fingerprint density at radius 1 is 1.24 bits per heavy atom. The van der Waals surface area contributed by atoms with Crippen molar-refractivity contribution in [1.29, 1.82) is 0 Å². The second kappa shape index (κ2) is 10.4. The molecule has 1 aliphatic carbocycles. The highest BCUT2D eigenvalue weighted by Crippen LogP contribution is 2.36. The standard InChI is InChI=1S/C24H30FN3O5S/c1-15-12-20(34(31,32)18-4-2-3-5-18)22(24(30)27-15)19(13-16-8-10-33-11-9-16)23(29)28-21-7-6-17(25)14-26-21/h6-7,12,14,16,18-19H,2-5,8-11,13H2,1H3,(H,27,30)(H,26,28,29)/t19-/m0/s1. The van der Waals surface area contributed by atoms with Crippen molar-refractivity contribution >= 4 is 21.6 Å². The maximum absolute atomic E-state index is 13.6. The molecule has 2 N–H and O–H groups in total. The maximum Gasteiger partial charge on any atom is 0.253 e. The van der Waals surface area contributed by atoms with Crippen LogP contribution in [0.2, 0.25) is 0 Å². The average Bonchev–Trinajstić information content (AvgIpc) is 3.36. The summed E-state index contributed by atoms with van der Waals surface area (Å²) in [6.07, 6.45) is 5.45. The summed E-state index contributed by atoms with van der Waals surface area (Å²) >= 11 is 0. The van der Waals surface area contributed by atoms with Gasteiger partial charge in [-0.3, -0.25) is 9.59 Å². The number of hydrogen-bond donors (Lipinski definition) is 2. The highest BCUT2D eigenvalue weighted by molar-refractivity contribution is 7.92. The lowest BCUT2D eigenvalue weighted by molar-refractivity contribution is -0.118. The lowest BCUT2D eigenvalue weighted by atomic mass is 9.84. The van der Waals surface area contributed by atoms with Gasteiger partial charge in [0.05, 0.1) is 22.3 Å². The number of carbonyl (C=O) groups excluding carboxylic acids is 1. The zero-order chi connectivity index (χ0) is 24.3. The van der Waals surface area contributed by atoms with E-state index in [0.29, 0.717) is 51.0 Å². The van der Waals surface area contributed by atoms with Gasteiger partial charge in [0.1, 0.15) is 11.6 Å². The maximum atomic E-state index is 13.6. The van der Waals surface area contributed by atoms with Gasteiger partial charge in [0, 0.05) is 24.5 Å². The molecule has 4 rings (SSSR count). The van der Waals surface area contributed by atoms with Crippen LogP contribution in [-0.2, 0) is 19.4 Å². The zero-order valence-electron chi connectivity index (χ0n) is 19.2. The van der Waals surface area contributed by atoms with Gasteiger partial charge in [0.15, 0.2) is 9.84 Å². The van der Waals surface area contributed by atoms with E-state index in [1.54, 1.807) is 6.92 Å². The van der Waals surface area contributed by atoms with E-state index in [0.717, 1.165) is 19.0 Å². The second-order valence-electron chi connectivity index (χ2n) is 9.21. The number of nitrogens with one attached hydrogen (secondary N) is 2. The first-order valence-corrected chi connectivity index (χ1v) is 13.3. The number of carbonyl (C=O) groups is 1. The average molecular weight is 492 g/mol. The fraction of sp³-hybridized carbons (Fsp3) is 0.542. The lowest BCUT2D eigenvalue weighted by Gasteiger charge is -2.27. The summed E-state index contributed by atoms with van der Waals surface area (Å²) in [5.74, 6) is -1.87. The van der Waals surface area contributed by atoms with Crippen molar-refractivity contribution in [3.63, 3.8) is 0 Å². The van der Waals surface area contributed by atoms with E-state index in [2.05, 4.69) is 15.3 Å². The third-order valence-electron chi connectivity index (χ3n) is 6.77. The minimum Gasteiger partial charge on any atom is -0.381 e. The first-order valence-electron chi connectivity index (χ1n) is 11.7. The van der Waals surface area contributed by atoms with Crippen LogP contribution in [0.3, 0.4) is 0 Å². The molecule has 2 aliphatic rings. The van der Waals surface area contributed by atoms with E-state index in [9.17, 15) is 22.4 Å². The van der Waals surface area contributed by atoms with E-state index >= 15 is 0 Å². The molecule has 34 heavy (non-hydrogen) atoms. The van der Waals surface area contributed by atoms with Gasteiger partial charge in [0.2, 0.25) is 5.91 Å². The van der Waals surface area contributed by atoms with Gasteiger partial charge >= 0.3 is 0 Å². The van der Waals surface area contributed by atoms with Crippen molar-refractivity contribution in [2.24, 2.45) is 5.92 Å². The summed E-state index contributed by atoms with van der Waals surface area (Å²) in [5.41, 5.74) is -0.171. The normalized spacial score (nSPS) is 18.6. The number of aryl methyl sites for hydroxylation is 1. The number of amides is 1. The van der Waals surface area contributed by atoms with Gasteiger partial charge in [-0.25, -0.2) is 17.8 Å². The van der Waals surface area contributed by atoms with Crippen molar-refractivity contribution in [2.75, 3.05) is 18.5 Å². The van der Waals surface area contributed by atoms with Crippen LogP contribution in [0.4, 0.5) is 10.2 Å². The molecule has 0 spiro atoms. The van der Waals surface area contributed by atoms with Crippen molar-refractivity contribution in [3.05, 3.63) is 51.8 Å². The molecule has 2 aromatic heterocycles. The third-order valence-corrected chi connectivity index (χ3v) is 9.07. The number of ether oxygens (including phenoxy) is 1. The largest absolute Gasteiger partial charge is 0.381 e. The lowest BCUT2D eigenvalue weighted by Crippen LogP contribution is -2.33. The Morgan fingerprint density at radius 2 is 1.94 bits per heavy atom. The van der Waals surface area contributed by atoms with E-state index in [4.69, 9.17) is 4.74 Å². The quantitative estimate of drug-likeness (QED) is 0.612. The molecule has 1 saturated heterocycles. The van der Waals surface area contributed by atoms with Gasteiger partial charge < -0.3 is 15.0 Å². The number of aromatic amines is 1. The molecule has 10 heteroatoms. The Kier molecular flexibility index (Phi) is 7.47. The Morgan fingerprint density at radius 3 is 2.59 bits per heavy atom. The predicted octanol–water partition coefficient (Wildman–Crippen LogP) is 3.47. The molecule has 2 aromatic rings. The molecule has 0 radical (unpaired) electrons. The van der Waals surface area contributed by atoms with Gasteiger partial charge in [-0.2, -0.15) is 0 Å². The first kappa shape index (κ1) is 24.5. The van der Waals surface area contributed by atoms with Crippen LogP contribution in [0.1, 0.15) is 62.1 Å². The predicted molar refractivity (Wildman–Crippen MR) is 125 cm³/mol. The number of rotatable bonds is 7. The summed E-state index contributed by atoms with van der Waals surface area (Å²) in [4.78, 5) is 33.2. The summed E-state index contributed by atoms with van der Waals surface area (Å²) in [6.45, 7) is 2.74. The molecule has 1 amide bonds. The van der Waals surface area contributed by atoms with Gasteiger partial charge in [-0.05, 0) is 63.1 Å². The van der Waals surface area contributed by atoms with Crippen LogP contribution in [-0.4, -0.2) is 42.8 Å². The number of anilines is 1. The Bertz CT molecular complexity index is 1180. The number of halogens is 1. The first-order chi connectivity index (χ1) is 16.3. The summed E-state index contributed by atoms with van der Waals surface area (Å²) in [6, 6.07) is 3.98. The minimum atomic E-state index is -3.80. The van der Waals surface area contributed by atoms with Crippen molar-refractivity contribution in [2.45, 2.75) is 67.9 Å². The van der Waals surface area contributed by atoms with Gasteiger partial charge in [-0.15, -0.1) is 0 Å². The van der Waals surface area contributed by atoms with E-state index in [1.165, 1.54) is 18.2 Å². The number of hydrogen-bond acceptors (Lipinski definition) is 6.